The molecular formula is C11H13NO2S. The van der Waals surface area contributed by atoms with Crippen LogP contribution in [0.3, 0.4) is 0 Å². The lowest BCUT2D eigenvalue weighted by molar-refractivity contribution is -0.116. The highest BCUT2D eigenvalue weighted by molar-refractivity contribution is 7.79. The lowest BCUT2D eigenvalue weighted by Gasteiger charge is -2.03. The molecule has 0 radical (unpaired) electrons. The van der Waals surface area contributed by atoms with Crippen molar-refractivity contribution in [3.8, 4) is 0 Å². The summed E-state index contributed by atoms with van der Waals surface area (Å²) in [6.45, 7) is 1.51. The SMILES string of the molecule is CC(=O)CNC(=O)c1ccc(CS)cc1. The summed E-state index contributed by atoms with van der Waals surface area (Å²) >= 11 is 4.12. The third kappa shape index (κ3) is 3.75. The zero-order valence-electron chi connectivity index (χ0n) is 8.49. The molecule has 3 nitrogen and oxygen atoms in total. The summed E-state index contributed by atoms with van der Waals surface area (Å²) in [6, 6.07) is 7.13. The van der Waals surface area contributed by atoms with E-state index in [0.29, 0.717) is 11.3 Å². The average molecular weight is 223 g/mol. The molecule has 15 heavy (non-hydrogen) atoms. The predicted octanol–water partition coefficient (Wildman–Crippen LogP) is 1.44. The van der Waals surface area contributed by atoms with Gasteiger partial charge < -0.3 is 5.32 Å². The van der Waals surface area contributed by atoms with Gasteiger partial charge in [0.2, 0.25) is 0 Å². The number of benzene rings is 1. The highest BCUT2D eigenvalue weighted by Crippen LogP contribution is 2.06. The first-order valence-corrected chi connectivity index (χ1v) is 5.24. The van der Waals surface area contributed by atoms with Crippen molar-refractivity contribution in [3.63, 3.8) is 0 Å². The maximum Gasteiger partial charge on any atom is 0.251 e. The van der Waals surface area contributed by atoms with Crippen LogP contribution in [0, 0.1) is 0 Å². The fraction of sp³-hybridized carbons (Fsp3) is 0.273. The molecule has 0 aliphatic heterocycles. The highest BCUT2D eigenvalue weighted by Gasteiger charge is 2.05. The van der Waals surface area contributed by atoms with Gasteiger partial charge in [0.15, 0.2) is 0 Å². The molecule has 1 amide bonds. The summed E-state index contributed by atoms with van der Waals surface area (Å²) in [5, 5.41) is 2.53. The molecule has 80 valence electrons. The van der Waals surface area contributed by atoms with E-state index in [4.69, 9.17) is 0 Å². The molecule has 0 unspecified atom stereocenters. The maximum atomic E-state index is 11.5. The number of thiol groups is 1. The lowest BCUT2D eigenvalue weighted by Crippen LogP contribution is -2.28. The molecule has 1 aromatic carbocycles. The summed E-state index contributed by atoms with van der Waals surface area (Å²) in [4.78, 5) is 22.1. The first kappa shape index (κ1) is 11.8. The largest absolute Gasteiger partial charge is 0.345 e. The molecular weight excluding hydrogens is 210 g/mol. The van der Waals surface area contributed by atoms with E-state index >= 15 is 0 Å². The topological polar surface area (TPSA) is 46.2 Å². The van der Waals surface area contributed by atoms with Gasteiger partial charge in [0, 0.05) is 11.3 Å². The lowest BCUT2D eigenvalue weighted by atomic mass is 10.1. The van der Waals surface area contributed by atoms with Crippen LogP contribution >= 0.6 is 12.6 Å². The predicted molar refractivity (Wildman–Crippen MR) is 62.1 cm³/mol. The van der Waals surface area contributed by atoms with Crippen LogP contribution < -0.4 is 5.32 Å². The molecule has 1 rings (SSSR count). The quantitative estimate of drug-likeness (QED) is 0.759. The van der Waals surface area contributed by atoms with Gasteiger partial charge in [-0.3, -0.25) is 9.59 Å². The van der Waals surface area contributed by atoms with Gasteiger partial charge in [-0.2, -0.15) is 12.6 Å². The molecule has 1 N–H and O–H groups in total. The summed E-state index contributed by atoms with van der Waals surface area (Å²) in [5.41, 5.74) is 1.61. The minimum absolute atomic E-state index is 0.0599. The van der Waals surface area contributed by atoms with E-state index in [1.807, 2.05) is 12.1 Å². The first-order chi connectivity index (χ1) is 7.13. The van der Waals surface area contributed by atoms with Gasteiger partial charge in [-0.1, -0.05) is 12.1 Å². The fourth-order valence-electron chi connectivity index (χ4n) is 1.07. The molecule has 0 fully saturated rings. The van der Waals surface area contributed by atoms with Crippen LogP contribution in [0.4, 0.5) is 0 Å². The second-order valence-electron chi connectivity index (χ2n) is 3.24. The Morgan fingerprint density at radius 2 is 1.87 bits per heavy atom. The molecule has 0 aliphatic carbocycles. The summed E-state index contributed by atoms with van der Waals surface area (Å²) in [5.74, 6) is 0.362. The molecule has 0 aliphatic rings. The maximum absolute atomic E-state index is 11.5. The van der Waals surface area contributed by atoms with Crippen molar-refractivity contribution in [1.29, 1.82) is 0 Å². The molecule has 0 saturated heterocycles. The van der Waals surface area contributed by atoms with Crippen molar-refractivity contribution >= 4 is 24.3 Å². The van der Waals surface area contributed by atoms with Crippen LogP contribution in [0.2, 0.25) is 0 Å². The summed E-state index contributed by atoms with van der Waals surface area (Å²) < 4.78 is 0. The molecule has 1 aromatic rings. The van der Waals surface area contributed by atoms with E-state index in [-0.39, 0.29) is 18.2 Å². The molecule has 0 saturated carbocycles. The summed E-state index contributed by atoms with van der Waals surface area (Å²) in [6.07, 6.45) is 0. The third-order valence-corrected chi connectivity index (χ3v) is 2.26. The molecule has 0 bridgehead atoms. The van der Waals surface area contributed by atoms with E-state index in [1.54, 1.807) is 12.1 Å². The number of rotatable bonds is 4. The van der Waals surface area contributed by atoms with Gasteiger partial charge in [-0.05, 0) is 24.6 Å². The number of carbonyl (C=O) groups excluding carboxylic acids is 2. The Bertz CT molecular complexity index is 359. The number of amides is 1. The number of ketones is 1. The van der Waals surface area contributed by atoms with Crippen molar-refractivity contribution in [2.75, 3.05) is 6.54 Å². The molecule has 0 aromatic heterocycles. The van der Waals surface area contributed by atoms with Gasteiger partial charge in [0.05, 0.1) is 6.54 Å². The van der Waals surface area contributed by atoms with E-state index in [1.165, 1.54) is 6.92 Å². The first-order valence-electron chi connectivity index (χ1n) is 4.61. The van der Waals surface area contributed by atoms with E-state index in [0.717, 1.165) is 5.56 Å². The highest BCUT2D eigenvalue weighted by atomic mass is 32.1. The van der Waals surface area contributed by atoms with Gasteiger partial charge in [0.25, 0.3) is 5.91 Å². The Labute approximate surface area is 94.3 Å². The van der Waals surface area contributed by atoms with Gasteiger partial charge in [-0.25, -0.2) is 0 Å². The van der Waals surface area contributed by atoms with Crippen LogP contribution in [0.25, 0.3) is 0 Å². The average Bonchev–Trinajstić information content (AvgIpc) is 2.26. The van der Waals surface area contributed by atoms with Crippen LogP contribution in [0.5, 0.6) is 0 Å². The molecule has 0 atom stereocenters. The Morgan fingerprint density at radius 1 is 1.27 bits per heavy atom. The van der Waals surface area contributed by atoms with Gasteiger partial charge in [0.1, 0.15) is 5.78 Å². The normalized spacial score (nSPS) is 9.73. The van der Waals surface area contributed by atoms with Gasteiger partial charge >= 0.3 is 0 Å². The second kappa shape index (κ2) is 5.56. The Hall–Kier alpha value is -1.29. The van der Waals surface area contributed by atoms with Crippen LogP contribution in [-0.4, -0.2) is 18.2 Å². The van der Waals surface area contributed by atoms with Crippen molar-refractivity contribution in [1.82, 2.24) is 5.32 Å². The van der Waals surface area contributed by atoms with Crippen molar-refractivity contribution in [3.05, 3.63) is 35.4 Å². The number of Topliss-reactive ketones (excluding diaryl/α,β-unsaturated/α-hetero) is 1. The standard InChI is InChI=1S/C11H13NO2S/c1-8(13)6-12-11(14)10-4-2-9(7-15)3-5-10/h2-5,15H,6-7H2,1H3,(H,12,14). The fourth-order valence-corrected chi connectivity index (χ4v) is 1.28. The molecule has 0 spiro atoms. The molecule has 4 heteroatoms. The van der Waals surface area contributed by atoms with Crippen LogP contribution in [0.1, 0.15) is 22.8 Å². The third-order valence-electron chi connectivity index (χ3n) is 1.90. The van der Waals surface area contributed by atoms with Crippen molar-refractivity contribution in [2.45, 2.75) is 12.7 Å². The Kier molecular flexibility index (Phi) is 4.37. The number of hydrogen-bond donors (Lipinski definition) is 2. The van der Waals surface area contributed by atoms with E-state index < -0.39 is 0 Å². The Morgan fingerprint density at radius 3 is 2.33 bits per heavy atom. The molecule has 0 heterocycles. The van der Waals surface area contributed by atoms with Crippen LogP contribution in [-0.2, 0) is 10.5 Å². The minimum atomic E-state index is -0.226. The smallest absolute Gasteiger partial charge is 0.251 e. The monoisotopic (exact) mass is 223 g/mol. The zero-order chi connectivity index (χ0) is 11.3. The van der Waals surface area contributed by atoms with Crippen LogP contribution in [0.15, 0.2) is 24.3 Å². The van der Waals surface area contributed by atoms with E-state index in [2.05, 4.69) is 17.9 Å². The zero-order valence-corrected chi connectivity index (χ0v) is 9.38. The summed E-state index contributed by atoms with van der Waals surface area (Å²) in [7, 11) is 0. The van der Waals surface area contributed by atoms with Gasteiger partial charge in [-0.15, -0.1) is 0 Å². The van der Waals surface area contributed by atoms with Crippen molar-refractivity contribution in [2.24, 2.45) is 0 Å². The number of hydrogen-bond acceptors (Lipinski definition) is 3. The second-order valence-corrected chi connectivity index (χ2v) is 3.56. The van der Waals surface area contributed by atoms with Crippen molar-refractivity contribution < 1.29 is 9.59 Å². The number of carbonyl (C=O) groups is 2. The number of nitrogens with one attached hydrogen (secondary N) is 1. The minimum Gasteiger partial charge on any atom is -0.345 e. The van der Waals surface area contributed by atoms with E-state index in [9.17, 15) is 9.59 Å². The Balaban J connectivity index is 2.62.